The second-order valence-corrected chi connectivity index (χ2v) is 4.62. The number of ether oxygens (including phenoxy) is 2. The lowest BCUT2D eigenvalue weighted by Crippen LogP contribution is -2.15. The molecule has 0 atom stereocenters. The second kappa shape index (κ2) is 7.59. The Labute approximate surface area is 125 Å². The zero-order valence-corrected chi connectivity index (χ0v) is 12.7. The maximum Gasteiger partial charge on any atom is 0.161 e. The number of benzene rings is 1. The van der Waals surface area contributed by atoms with Crippen LogP contribution in [0.4, 0.5) is 0 Å². The van der Waals surface area contributed by atoms with Gasteiger partial charge in [0.15, 0.2) is 17.3 Å². The molecule has 0 bridgehead atoms. The van der Waals surface area contributed by atoms with E-state index in [9.17, 15) is 0 Å². The summed E-state index contributed by atoms with van der Waals surface area (Å²) in [5.74, 6) is 2.06. The molecular weight excluding hydrogens is 266 g/mol. The summed E-state index contributed by atoms with van der Waals surface area (Å²) in [7, 11) is 3.24. The van der Waals surface area contributed by atoms with E-state index in [1.807, 2.05) is 24.3 Å². The number of aromatic nitrogens is 2. The van der Waals surface area contributed by atoms with Gasteiger partial charge < -0.3 is 14.8 Å². The first-order chi connectivity index (χ1) is 10.3. The van der Waals surface area contributed by atoms with Gasteiger partial charge in [-0.25, -0.2) is 9.97 Å². The maximum absolute atomic E-state index is 5.32. The van der Waals surface area contributed by atoms with Gasteiger partial charge in [0.2, 0.25) is 0 Å². The van der Waals surface area contributed by atoms with E-state index >= 15 is 0 Å². The van der Waals surface area contributed by atoms with E-state index < -0.39 is 0 Å². The maximum atomic E-state index is 5.32. The Balaban J connectivity index is 2.23. The van der Waals surface area contributed by atoms with Gasteiger partial charge in [0, 0.05) is 18.3 Å². The van der Waals surface area contributed by atoms with Crippen molar-refractivity contribution in [2.75, 3.05) is 20.8 Å². The van der Waals surface area contributed by atoms with Gasteiger partial charge in [0.05, 0.1) is 19.9 Å². The lowest BCUT2D eigenvalue weighted by atomic mass is 10.2. The lowest BCUT2D eigenvalue weighted by Gasteiger charge is -2.09. The quantitative estimate of drug-likeness (QED) is 0.793. The Morgan fingerprint density at radius 2 is 1.90 bits per heavy atom. The average Bonchev–Trinajstić information content (AvgIpc) is 2.54. The van der Waals surface area contributed by atoms with E-state index in [2.05, 4.69) is 22.2 Å². The molecule has 21 heavy (non-hydrogen) atoms. The molecule has 5 heteroatoms. The van der Waals surface area contributed by atoms with Crippen LogP contribution in [0.25, 0.3) is 11.4 Å². The molecule has 1 heterocycles. The monoisotopic (exact) mass is 287 g/mol. The summed E-state index contributed by atoms with van der Waals surface area (Å²) < 4.78 is 10.6. The van der Waals surface area contributed by atoms with E-state index in [1.54, 1.807) is 20.4 Å². The molecule has 1 aromatic carbocycles. The summed E-state index contributed by atoms with van der Waals surface area (Å²) in [5, 5.41) is 3.34. The SMILES string of the molecule is CCCNCc1ccnc(-c2ccc(OC)c(OC)c2)n1. The molecule has 0 aliphatic carbocycles. The number of hydrogen-bond acceptors (Lipinski definition) is 5. The first kappa shape index (κ1) is 15.3. The van der Waals surface area contributed by atoms with Crippen LogP contribution in [0, 0.1) is 0 Å². The van der Waals surface area contributed by atoms with Gasteiger partial charge >= 0.3 is 0 Å². The summed E-state index contributed by atoms with van der Waals surface area (Å²) in [6.45, 7) is 3.87. The van der Waals surface area contributed by atoms with Crippen molar-refractivity contribution in [1.82, 2.24) is 15.3 Å². The molecule has 0 aliphatic rings. The van der Waals surface area contributed by atoms with Crippen molar-refractivity contribution in [3.8, 4) is 22.9 Å². The van der Waals surface area contributed by atoms with Crippen LogP contribution in [0.5, 0.6) is 11.5 Å². The second-order valence-electron chi connectivity index (χ2n) is 4.62. The highest BCUT2D eigenvalue weighted by Crippen LogP contribution is 2.30. The van der Waals surface area contributed by atoms with Gasteiger partial charge in [-0.05, 0) is 37.2 Å². The molecule has 0 unspecified atom stereocenters. The molecule has 1 N–H and O–H groups in total. The van der Waals surface area contributed by atoms with Crippen molar-refractivity contribution in [2.24, 2.45) is 0 Å². The number of rotatable bonds is 7. The van der Waals surface area contributed by atoms with Crippen molar-refractivity contribution >= 4 is 0 Å². The van der Waals surface area contributed by atoms with Gasteiger partial charge in [-0.3, -0.25) is 0 Å². The Morgan fingerprint density at radius 1 is 1.10 bits per heavy atom. The molecule has 2 rings (SSSR count). The molecule has 0 amide bonds. The number of methoxy groups -OCH3 is 2. The molecule has 2 aromatic rings. The molecule has 0 aliphatic heterocycles. The smallest absolute Gasteiger partial charge is 0.161 e. The van der Waals surface area contributed by atoms with Gasteiger partial charge in [-0.15, -0.1) is 0 Å². The predicted molar refractivity (Wildman–Crippen MR) is 82.6 cm³/mol. The third-order valence-corrected chi connectivity index (χ3v) is 3.09. The predicted octanol–water partition coefficient (Wildman–Crippen LogP) is 2.66. The number of hydrogen-bond donors (Lipinski definition) is 1. The zero-order chi connectivity index (χ0) is 15.1. The van der Waals surface area contributed by atoms with Crippen LogP contribution in [-0.2, 0) is 6.54 Å². The molecule has 1 aromatic heterocycles. The summed E-state index contributed by atoms with van der Waals surface area (Å²) in [6.07, 6.45) is 2.88. The summed E-state index contributed by atoms with van der Waals surface area (Å²) in [6, 6.07) is 7.60. The van der Waals surface area contributed by atoms with Crippen LogP contribution in [0.3, 0.4) is 0 Å². The molecule has 0 spiro atoms. The number of nitrogens with one attached hydrogen (secondary N) is 1. The Morgan fingerprint density at radius 3 is 2.62 bits per heavy atom. The minimum absolute atomic E-state index is 0.674. The van der Waals surface area contributed by atoms with Crippen LogP contribution in [0.2, 0.25) is 0 Å². The molecule has 0 saturated carbocycles. The van der Waals surface area contributed by atoms with E-state index in [1.165, 1.54) is 0 Å². The van der Waals surface area contributed by atoms with Crippen LogP contribution >= 0.6 is 0 Å². The minimum atomic E-state index is 0.674. The Bertz CT molecular complexity index is 587. The zero-order valence-electron chi connectivity index (χ0n) is 12.7. The normalized spacial score (nSPS) is 10.4. The molecular formula is C16H21N3O2. The highest BCUT2D eigenvalue weighted by atomic mass is 16.5. The Kier molecular flexibility index (Phi) is 5.51. The third kappa shape index (κ3) is 3.92. The van der Waals surface area contributed by atoms with Crippen LogP contribution < -0.4 is 14.8 Å². The van der Waals surface area contributed by atoms with Crippen LogP contribution in [-0.4, -0.2) is 30.7 Å². The topological polar surface area (TPSA) is 56.3 Å². The summed E-state index contributed by atoms with van der Waals surface area (Å²) >= 11 is 0. The van der Waals surface area contributed by atoms with Gasteiger partial charge in [-0.2, -0.15) is 0 Å². The van der Waals surface area contributed by atoms with Gasteiger partial charge in [-0.1, -0.05) is 6.92 Å². The first-order valence-corrected chi connectivity index (χ1v) is 7.03. The highest BCUT2D eigenvalue weighted by Gasteiger charge is 2.08. The van der Waals surface area contributed by atoms with Crippen molar-refractivity contribution in [2.45, 2.75) is 19.9 Å². The fraction of sp³-hybridized carbons (Fsp3) is 0.375. The molecule has 0 radical (unpaired) electrons. The van der Waals surface area contributed by atoms with Gasteiger partial charge in [0.1, 0.15) is 0 Å². The molecule has 0 fully saturated rings. The van der Waals surface area contributed by atoms with Gasteiger partial charge in [0.25, 0.3) is 0 Å². The third-order valence-electron chi connectivity index (χ3n) is 3.09. The summed E-state index contributed by atoms with van der Waals surface area (Å²) in [5.41, 5.74) is 1.88. The fourth-order valence-electron chi connectivity index (χ4n) is 2.00. The van der Waals surface area contributed by atoms with E-state index in [0.29, 0.717) is 17.3 Å². The minimum Gasteiger partial charge on any atom is -0.493 e. The van der Waals surface area contributed by atoms with E-state index in [0.717, 1.165) is 30.8 Å². The standard InChI is InChI=1S/C16H21N3O2/c1-4-8-17-11-13-7-9-18-16(19-13)12-5-6-14(20-2)15(10-12)21-3/h5-7,9-10,17H,4,8,11H2,1-3H3. The average molecular weight is 287 g/mol. The molecule has 112 valence electrons. The number of nitrogens with zero attached hydrogens (tertiary/aromatic N) is 2. The first-order valence-electron chi connectivity index (χ1n) is 7.03. The fourth-order valence-corrected chi connectivity index (χ4v) is 2.00. The van der Waals surface area contributed by atoms with Crippen molar-refractivity contribution in [3.63, 3.8) is 0 Å². The summed E-state index contributed by atoms with van der Waals surface area (Å²) in [4.78, 5) is 8.91. The molecule has 5 nitrogen and oxygen atoms in total. The molecule has 0 saturated heterocycles. The highest BCUT2D eigenvalue weighted by molar-refractivity contribution is 5.61. The Hall–Kier alpha value is -2.14. The van der Waals surface area contributed by atoms with Crippen molar-refractivity contribution < 1.29 is 9.47 Å². The van der Waals surface area contributed by atoms with E-state index in [-0.39, 0.29) is 0 Å². The van der Waals surface area contributed by atoms with Crippen LogP contribution in [0.15, 0.2) is 30.5 Å². The largest absolute Gasteiger partial charge is 0.493 e. The van der Waals surface area contributed by atoms with Crippen LogP contribution in [0.1, 0.15) is 19.0 Å². The van der Waals surface area contributed by atoms with Crippen molar-refractivity contribution in [3.05, 3.63) is 36.2 Å². The van der Waals surface area contributed by atoms with Crippen molar-refractivity contribution in [1.29, 1.82) is 0 Å². The van der Waals surface area contributed by atoms with E-state index in [4.69, 9.17) is 9.47 Å². The lowest BCUT2D eigenvalue weighted by molar-refractivity contribution is 0.355.